The van der Waals surface area contributed by atoms with Crippen molar-refractivity contribution in [2.75, 3.05) is 0 Å². The molecule has 0 aliphatic carbocycles. The van der Waals surface area contributed by atoms with Crippen LogP contribution in [0, 0.1) is 5.92 Å². The Hall–Kier alpha value is 0.0200. The van der Waals surface area contributed by atoms with Gasteiger partial charge in [-0.25, -0.2) is 0 Å². The summed E-state index contributed by atoms with van der Waals surface area (Å²) in [6, 6.07) is 0. The van der Waals surface area contributed by atoms with Crippen LogP contribution in [0.1, 0.15) is 46.0 Å². The number of carbonyl (C=O) groups excluding carboxylic acids is 1. The van der Waals surface area contributed by atoms with Gasteiger partial charge in [0.05, 0.1) is 0 Å². The molecule has 0 fully saturated rings. The highest BCUT2D eigenvalue weighted by atomic mass is 32.1. The van der Waals surface area contributed by atoms with Crippen LogP contribution < -0.4 is 0 Å². The number of unbranched alkanes of at least 4 members (excludes halogenated alkanes) is 1. The molecule has 0 saturated heterocycles. The monoisotopic (exact) mass is 174 g/mol. The maximum atomic E-state index is 10.9. The Kier molecular flexibility index (Phi) is 6.73. The molecule has 1 atom stereocenters. The van der Waals surface area contributed by atoms with Crippen LogP contribution in [0.3, 0.4) is 0 Å². The molecule has 0 aliphatic heterocycles. The Labute approximate surface area is 75.0 Å². The smallest absolute Gasteiger partial charge is 0.188 e. The van der Waals surface area contributed by atoms with Crippen LogP contribution in [0.25, 0.3) is 0 Å². The molecule has 0 spiro atoms. The molecule has 1 nitrogen and oxygen atoms in total. The van der Waals surface area contributed by atoms with Gasteiger partial charge in [0.1, 0.15) is 0 Å². The van der Waals surface area contributed by atoms with Gasteiger partial charge in [0, 0.05) is 5.92 Å². The van der Waals surface area contributed by atoms with E-state index in [0.717, 1.165) is 25.7 Å². The largest absolute Gasteiger partial charge is 0.287 e. The summed E-state index contributed by atoms with van der Waals surface area (Å²) in [7, 11) is 0. The highest BCUT2D eigenvalue weighted by Crippen LogP contribution is 2.17. The third kappa shape index (κ3) is 5.31. The lowest BCUT2D eigenvalue weighted by Crippen LogP contribution is -2.08. The first-order valence-corrected chi connectivity index (χ1v) is 4.89. The molecule has 0 N–H and O–H groups in total. The molecule has 0 bridgehead atoms. The SMILES string of the molecule is CCCCC(CCC)C(=O)S. The Balaban J connectivity index is 3.60. The second-order valence-corrected chi connectivity index (χ2v) is 3.41. The van der Waals surface area contributed by atoms with Crippen LogP contribution in [0.5, 0.6) is 0 Å². The van der Waals surface area contributed by atoms with E-state index in [1.54, 1.807) is 0 Å². The van der Waals surface area contributed by atoms with Gasteiger partial charge in [-0.15, -0.1) is 12.6 Å². The molecule has 0 rings (SSSR count). The second-order valence-electron chi connectivity index (χ2n) is 2.97. The lowest BCUT2D eigenvalue weighted by atomic mass is 9.99. The van der Waals surface area contributed by atoms with Crippen LogP contribution >= 0.6 is 12.6 Å². The molecule has 1 unspecified atom stereocenters. The van der Waals surface area contributed by atoms with Gasteiger partial charge in [0.15, 0.2) is 5.12 Å². The first-order chi connectivity index (χ1) is 5.22. The number of carbonyl (C=O) groups is 1. The van der Waals surface area contributed by atoms with Crippen molar-refractivity contribution >= 4 is 17.7 Å². The summed E-state index contributed by atoms with van der Waals surface area (Å²) in [5.74, 6) is 0.211. The van der Waals surface area contributed by atoms with Gasteiger partial charge < -0.3 is 0 Å². The summed E-state index contributed by atoms with van der Waals surface area (Å²) >= 11 is 3.86. The summed E-state index contributed by atoms with van der Waals surface area (Å²) in [6.45, 7) is 4.25. The minimum atomic E-state index is 0.0697. The molecule has 0 aromatic rings. The molecule has 0 aromatic heterocycles. The normalized spacial score (nSPS) is 13.0. The van der Waals surface area contributed by atoms with Crippen molar-refractivity contribution in [2.45, 2.75) is 46.0 Å². The molecule has 0 radical (unpaired) electrons. The molecule has 0 amide bonds. The molecule has 0 saturated carbocycles. The Morgan fingerprint density at radius 1 is 1.27 bits per heavy atom. The predicted molar refractivity (Wildman–Crippen MR) is 51.9 cm³/mol. The van der Waals surface area contributed by atoms with Crippen LogP contribution in [-0.4, -0.2) is 5.12 Å². The minimum Gasteiger partial charge on any atom is -0.287 e. The van der Waals surface area contributed by atoms with Crippen molar-refractivity contribution in [3.63, 3.8) is 0 Å². The number of hydrogen-bond acceptors (Lipinski definition) is 1. The highest BCUT2D eigenvalue weighted by Gasteiger charge is 2.12. The topological polar surface area (TPSA) is 17.1 Å². The molecule has 66 valence electrons. The van der Waals surface area contributed by atoms with Crippen molar-refractivity contribution in [3.8, 4) is 0 Å². The Morgan fingerprint density at radius 3 is 2.27 bits per heavy atom. The van der Waals surface area contributed by atoms with Gasteiger partial charge in [-0.2, -0.15) is 0 Å². The molecule has 11 heavy (non-hydrogen) atoms. The zero-order valence-corrected chi connectivity index (χ0v) is 8.36. The van der Waals surface area contributed by atoms with Gasteiger partial charge in [-0.05, 0) is 12.8 Å². The van der Waals surface area contributed by atoms with E-state index in [0.29, 0.717) is 0 Å². The van der Waals surface area contributed by atoms with Crippen LogP contribution in [0.2, 0.25) is 0 Å². The van der Waals surface area contributed by atoms with E-state index in [-0.39, 0.29) is 11.0 Å². The summed E-state index contributed by atoms with van der Waals surface area (Å²) in [4.78, 5) is 10.9. The van der Waals surface area contributed by atoms with E-state index in [1.165, 1.54) is 6.42 Å². The Bertz CT molecular complexity index is 112. The average molecular weight is 174 g/mol. The molecular formula is C9H18OS. The van der Waals surface area contributed by atoms with E-state index in [1.807, 2.05) is 0 Å². The van der Waals surface area contributed by atoms with E-state index >= 15 is 0 Å². The number of thiol groups is 1. The van der Waals surface area contributed by atoms with E-state index in [9.17, 15) is 4.79 Å². The summed E-state index contributed by atoms with van der Waals surface area (Å²) in [5, 5.41) is 0.0697. The van der Waals surface area contributed by atoms with Crippen molar-refractivity contribution in [1.29, 1.82) is 0 Å². The molecule has 0 heterocycles. The standard InChI is InChI=1S/C9H18OS/c1-3-5-7-8(6-4-2)9(10)11/h8H,3-7H2,1-2H3,(H,10,11). The molecular weight excluding hydrogens is 156 g/mol. The quantitative estimate of drug-likeness (QED) is 0.612. The summed E-state index contributed by atoms with van der Waals surface area (Å²) < 4.78 is 0. The third-order valence-electron chi connectivity index (χ3n) is 1.89. The van der Waals surface area contributed by atoms with Crippen LogP contribution in [0.4, 0.5) is 0 Å². The van der Waals surface area contributed by atoms with Gasteiger partial charge in [0.25, 0.3) is 0 Å². The predicted octanol–water partition coefficient (Wildman–Crippen LogP) is 3.05. The van der Waals surface area contributed by atoms with E-state index < -0.39 is 0 Å². The van der Waals surface area contributed by atoms with Gasteiger partial charge in [-0.1, -0.05) is 33.1 Å². The average Bonchev–Trinajstić information content (AvgIpc) is 1.97. The Morgan fingerprint density at radius 2 is 1.91 bits per heavy atom. The highest BCUT2D eigenvalue weighted by molar-refractivity contribution is 7.96. The fraction of sp³-hybridized carbons (Fsp3) is 0.889. The van der Waals surface area contributed by atoms with Crippen LogP contribution in [-0.2, 0) is 4.79 Å². The first kappa shape index (κ1) is 11.0. The third-order valence-corrected chi connectivity index (χ3v) is 2.26. The molecule has 0 aromatic carbocycles. The van der Waals surface area contributed by atoms with Gasteiger partial charge >= 0.3 is 0 Å². The number of rotatable bonds is 6. The fourth-order valence-corrected chi connectivity index (χ4v) is 1.45. The zero-order valence-electron chi connectivity index (χ0n) is 7.47. The summed E-state index contributed by atoms with van der Waals surface area (Å²) in [6.07, 6.45) is 5.42. The molecule has 2 heteroatoms. The fourth-order valence-electron chi connectivity index (χ4n) is 1.19. The maximum Gasteiger partial charge on any atom is 0.188 e. The summed E-state index contributed by atoms with van der Waals surface area (Å²) in [5.41, 5.74) is 0. The van der Waals surface area contributed by atoms with Crippen molar-refractivity contribution < 1.29 is 4.79 Å². The maximum absolute atomic E-state index is 10.9. The lowest BCUT2D eigenvalue weighted by molar-refractivity contribution is -0.114. The van der Waals surface area contributed by atoms with Crippen LogP contribution in [0.15, 0.2) is 0 Å². The van der Waals surface area contributed by atoms with Gasteiger partial charge in [0.2, 0.25) is 0 Å². The molecule has 0 aliphatic rings. The first-order valence-electron chi connectivity index (χ1n) is 4.45. The second kappa shape index (κ2) is 6.71. The van der Waals surface area contributed by atoms with Crippen molar-refractivity contribution in [1.82, 2.24) is 0 Å². The minimum absolute atomic E-state index is 0.0697. The lowest BCUT2D eigenvalue weighted by Gasteiger charge is -2.09. The van der Waals surface area contributed by atoms with E-state index in [4.69, 9.17) is 0 Å². The van der Waals surface area contributed by atoms with Crippen molar-refractivity contribution in [2.24, 2.45) is 5.92 Å². The van der Waals surface area contributed by atoms with E-state index in [2.05, 4.69) is 26.5 Å². The number of hydrogen-bond donors (Lipinski definition) is 1. The van der Waals surface area contributed by atoms with Gasteiger partial charge in [-0.3, -0.25) is 4.79 Å². The zero-order chi connectivity index (χ0) is 8.69. The van der Waals surface area contributed by atoms with Crippen molar-refractivity contribution in [3.05, 3.63) is 0 Å².